The van der Waals surface area contributed by atoms with E-state index < -0.39 is 0 Å². The molecule has 29 heavy (non-hydrogen) atoms. The van der Waals surface area contributed by atoms with E-state index in [0.717, 1.165) is 10.4 Å². The first-order valence-corrected chi connectivity index (χ1v) is 11.2. The molecule has 2 aromatic rings. The molecule has 0 unspecified atom stereocenters. The SMILES string of the molecule is CC(C)CN(CC(=O)N(Cc1ccc(F)cc1)Cc1cccs1)C(=O)CCCCl. The van der Waals surface area contributed by atoms with Gasteiger partial charge in [-0.25, -0.2) is 4.39 Å². The second-order valence-electron chi connectivity index (χ2n) is 7.42. The van der Waals surface area contributed by atoms with E-state index >= 15 is 0 Å². The Kier molecular flexibility index (Phi) is 9.61. The van der Waals surface area contributed by atoms with Gasteiger partial charge in [0.1, 0.15) is 5.82 Å². The summed E-state index contributed by atoms with van der Waals surface area (Å²) in [5.41, 5.74) is 0.847. The van der Waals surface area contributed by atoms with E-state index in [1.165, 1.54) is 12.1 Å². The van der Waals surface area contributed by atoms with Crippen LogP contribution in [0, 0.1) is 11.7 Å². The Bertz CT molecular complexity index is 766. The van der Waals surface area contributed by atoms with Gasteiger partial charge in [0.05, 0.1) is 13.1 Å². The van der Waals surface area contributed by atoms with Gasteiger partial charge in [-0.15, -0.1) is 22.9 Å². The average Bonchev–Trinajstić information content (AvgIpc) is 3.19. The Hall–Kier alpha value is -1.92. The summed E-state index contributed by atoms with van der Waals surface area (Å²) >= 11 is 7.30. The third kappa shape index (κ3) is 8.15. The van der Waals surface area contributed by atoms with Crippen LogP contribution in [-0.2, 0) is 22.7 Å². The van der Waals surface area contributed by atoms with Gasteiger partial charge in [-0.05, 0) is 41.5 Å². The summed E-state index contributed by atoms with van der Waals surface area (Å²) in [6.45, 7) is 5.42. The maximum absolute atomic E-state index is 13.2. The van der Waals surface area contributed by atoms with Crippen LogP contribution in [0.15, 0.2) is 41.8 Å². The Morgan fingerprint density at radius 1 is 1.07 bits per heavy atom. The molecule has 1 heterocycles. The normalized spacial score (nSPS) is 10.9. The largest absolute Gasteiger partial charge is 0.333 e. The molecular formula is C22H28ClFN2O2S. The summed E-state index contributed by atoms with van der Waals surface area (Å²) in [4.78, 5) is 30.1. The van der Waals surface area contributed by atoms with E-state index in [2.05, 4.69) is 0 Å². The number of carbonyl (C=O) groups excluding carboxylic acids is 2. The molecule has 0 spiro atoms. The van der Waals surface area contributed by atoms with Crippen molar-refractivity contribution in [3.8, 4) is 0 Å². The first-order valence-electron chi connectivity index (χ1n) is 9.77. The number of hydrogen-bond donors (Lipinski definition) is 0. The fourth-order valence-corrected chi connectivity index (χ4v) is 3.82. The molecule has 1 aromatic heterocycles. The van der Waals surface area contributed by atoms with Crippen molar-refractivity contribution in [1.29, 1.82) is 0 Å². The molecule has 2 amide bonds. The van der Waals surface area contributed by atoms with Gasteiger partial charge >= 0.3 is 0 Å². The second kappa shape index (κ2) is 11.9. The van der Waals surface area contributed by atoms with Crippen LogP contribution >= 0.6 is 22.9 Å². The zero-order chi connectivity index (χ0) is 21.2. The lowest BCUT2D eigenvalue weighted by Gasteiger charge is -2.28. The van der Waals surface area contributed by atoms with Crippen LogP contribution in [0.25, 0.3) is 0 Å². The standard InChI is InChI=1S/C22H28ClFN2O2S/c1-17(2)13-25(21(27)6-3-11-23)16-22(28)26(15-20-5-4-12-29-20)14-18-7-9-19(24)10-8-18/h4-5,7-10,12,17H,3,6,11,13-16H2,1-2H3. The molecule has 0 bridgehead atoms. The van der Waals surface area contributed by atoms with Crippen LogP contribution in [0.3, 0.4) is 0 Å². The first-order chi connectivity index (χ1) is 13.9. The van der Waals surface area contributed by atoms with Gasteiger partial charge in [0.25, 0.3) is 0 Å². The lowest BCUT2D eigenvalue weighted by Crippen LogP contribution is -2.43. The fourth-order valence-electron chi connectivity index (χ4n) is 2.97. The van der Waals surface area contributed by atoms with Crippen molar-refractivity contribution in [3.63, 3.8) is 0 Å². The lowest BCUT2D eigenvalue weighted by molar-refractivity contribution is -0.141. The van der Waals surface area contributed by atoms with Crippen LogP contribution in [0.5, 0.6) is 0 Å². The Morgan fingerprint density at radius 3 is 2.38 bits per heavy atom. The Labute approximate surface area is 181 Å². The van der Waals surface area contributed by atoms with Crippen LogP contribution in [0.2, 0.25) is 0 Å². The summed E-state index contributed by atoms with van der Waals surface area (Å²) in [6, 6.07) is 10.1. The Morgan fingerprint density at radius 2 is 1.79 bits per heavy atom. The molecule has 0 saturated heterocycles. The predicted molar refractivity (Wildman–Crippen MR) is 116 cm³/mol. The molecular weight excluding hydrogens is 411 g/mol. The summed E-state index contributed by atoms with van der Waals surface area (Å²) in [5.74, 6) is 0.196. The number of rotatable bonds is 11. The molecule has 0 fully saturated rings. The zero-order valence-corrected chi connectivity index (χ0v) is 18.5. The molecule has 0 aliphatic carbocycles. The summed E-state index contributed by atoms with van der Waals surface area (Å²) in [6.07, 6.45) is 0.935. The number of hydrogen-bond acceptors (Lipinski definition) is 3. The molecule has 0 aliphatic heterocycles. The van der Waals surface area contributed by atoms with Crippen molar-refractivity contribution in [3.05, 3.63) is 58.0 Å². The molecule has 1 aromatic carbocycles. The van der Waals surface area contributed by atoms with E-state index in [4.69, 9.17) is 11.6 Å². The minimum Gasteiger partial charge on any atom is -0.333 e. The highest BCUT2D eigenvalue weighted by atomic mass is 35.5. The molecule has 7 heteroatoms. The number of benzene rings is 1. The van der Waals surface area contributed by atoms with E-state index in [0.29, 0.717) is 38.4 Å². The average molecular weight is 439 g/mol. The highest BCUT2D eigenvalue weighted by Gasteiger charge is 2.22. The number of alkyl halides is 1. The van der Waals surface area contributed by atoms with E-state index in [1.54, 1.807) is 33.3 Å². The number of halogens is 2. The van der Waals surface area contributed by atoms with Gasteiger partial charge in [-0.3, -0.25) is 9.59 Å². The fraction of sp³-hybridized carbons (Fsp3) is 0.455. The number of nitrogens with zero attached hydrogens (tertiary/aromatic N) is 2. The smallest absolute Gasteiger partial charge is 0.242 e. The molecule has 0 aliphatic rings. The van der Waals surface area contributed by atoms with E-state index in [9.17, 15) is 14.0 Å². The molecule has 0 N–H and O–H groups in total. The molecule has 2 rings (SSSR count). The number of amides is 2. The van der Waals surface area contributed by atoms with Gasteiger partial charge in [0.2, 0.25) is 11.8 Å². The highest BCUT2D eigenvalue weighted by molar-refractivity contribution is 7.09. The minimum absolute atomic E-state index is 0.0336. The maximum Gasteiger partial charge on any atom is 0.242 e. The monoisotopic (exact) mass is 438 g/mol. The molecule has 0 saturated carbocycles. The highest BCUT2D eigenvalue weighted by Crippen LogP contribution is 2.16. The quantitative estimate of drug-likeness (QED) is 0.467. The van der Waals surface area contributed by atoms with Crippen molar-refractivity contribution in [1.82, 2.24) is 9.80 Å². The van der Waals surface area contributed by atoms with Crippen LogP contribution < -0.4 is 0 Å². The summed E-state index contributed by atoms with van der Waals surface area (Å²) in [7, 11) is 0. The predicted octanol–water partition coefficient (Wildman–Crippen LogP) is 4.92. The number of thiophene rings is 1. The van der Waals surface area contributed by atoms with Gasteiger partial charge < -0.3 is 9.80 Å². The van der Waals surface area contributed by atoms with E-state index in [-0.39, 0.29) is 30.1 Å². The van der Waals surface area contributed by atoms with Gasteiger partial charge in [-0.1, -0.05) is 32.0 Å². The first kappa shape index (κ1) is 23.4. The lowest BCUT2D eigenvalue weighted by atomic mass is 10.1. The molecule has 4 nitrogen and oxygen atoms in total. The van der Waals surface area contributed by atoms with Crippen molar-refractivity contribution in [2.75, 3.05) is 19.0 Å². The summed E-state index contributed by atoms with van der Waals surface area (Å²) < 4.78 is 13.2. The van der Waals surface area contributed by atoms with Crippen LogP contribution in [0.1, 0.15) is 37.1 Å². The second-order valence-corrected chi connectivity index (χ2v) is 8.83. The van der Waals surface area contributed by atoms with Crippen LogP contribution in [0.4, 0.5) is 4.39 Å². The minimum atomic E-state index is -0.308. The Balaban J connectivity index is 2.14. The zero-order valence-electron chi connectivity index (χ0n) is 16.9. The molecule has 0 radical (unpaired) electrons. The third-order valence-electron chi connectivity index (χ3n) is 4.35. The summed E-state index contributed by atoms with van der Waals surface area (Å²) in [5, 5.41) is 1.97. The molecule has 0 atom stereocenters. The van der Waals surface area contributed by atoms with Gasteiger partial charge in [0.15, 0.2) is 0 Å². The van der Waals surface area contributed by atoms with Gasteiger partial charge in [0, 0.05) is 30.3 Å². The van der Waals surface area contributed by atoms with Crippen molar-refractivity contribution < 1.29 is 14.0 Å². The van der Waals surface area contributed by atoms with Crippen molar-refractivity contribution in [2.24, 2.45) is 5.92 Å². The van der Waals surface area contributed by atoms with Crippen molar-refractivity contribution >= 4 is 34.8 Å². The molecule has 158 valence electrons. The van der Waals surface area contributed by atoms with Crippen molar-refractivity contribution in [2.45, 2.75) is 39.8 Å². The van der Waals surface area contributed by atoms with E-state index in [1.807, 2.05) is 31.4 Å². The topological polar surface area (TPSA) is 40.6 Å². The van der Waals surface area contributed by atoms with Crippen LogP contribution in [-0.4, -0.2) is 40.6 Å². The third-order valence-corrected chi connectivity index (χ3v) is 5.48. The number of carbonyl (C=O) groups is 2. The maximum atomic E-state index is 13.2. The van der Waals surface area contributed by atoms with Gasteiger partial charge in [-0.2, -0.15) is 0 Å².